The van der Waals surface area contributed by atoms with E-state index in [2.05, 4.69) is 78.2 Å². The Hall–Kier alpha value is -3.64. The zero-order valence-corrected chi connectivity index (χ0v) is 23.0. The molecule has 2 rings (SSSR count). The molecular weight excluding hydrogens is 488 g/mol. The van der Waals surface area contributed by atoms with Gasteiger partial charge in [-0.25, -0.2) is 4.79 Å². The molecule has 0 aromatic heterocycles. The number of aromatic hydroxyl groups is 1. The van der Waals surface area contributed by atoms with Gasteiger partial charge in [-0.2, -0.15) is 0 Å². The van der Waals surface area contributed by atoms with E-state index >= 15 is 0 Å². The lowest BCUT2D eigenvalue weighted by Crippen LogP contribution is -2.46. The number of aryl methyl sites for hydroxylation is 1. The number of piperazine rings is 1. The molecule has 1 aliphatic rings. The van der Waals surface area contributed by atoms with Gasteiger partial charge >= 0.3 is 5.97 Å². The average Bonchev–Trinajstić information content (AvgIpc) is 2.94. The Morgan fingerprint density at radius 2 is 1.23 bits per heavy atom. The Bertz CT molecular complexity index is 1040. The van der Waals surface area contributed by atoms with Crippen molar-refractivity contribution in [1.82, 2.24) is 10.2 Å². The van der Waals surface area contributed by atoms with Gasteiger partial charge in [0.1, 0.15) is 11.3 Å². The third kappa shape index (κ3) is 14.8. The van der Waals surface area contributed by atoms with E-state index in [1.54, 1.807) is 6.07 Å². The van der Waals surface area contributed by atoms with Crippen LogP contribution in [-0.2, 0) is 11.2 Å². The lowest BCUT2D eigenvalue weighted by molar-refractivity contribution is -0.131. The van der Waals surface area contributed by atoms with Crippen LogP contribution in [0.1, 0.15) is 67.3 Å². The van der Waals surface area contributed by atoms with Gasteiger partial charge in [-0.15, -0.1) is 0 Å². The van der Waals surface area contributed by atoms with E-state index in [1.165, 1.54) is 12.1 Å². The standard InChI is InChI=1S/C33H44N2O4/c36-31-28-29(22-23-30(31)33(38)39)20-18-16-14-12-10-8-6-4-2-1-3-5-7-9-11-13-15-17-19-21-32(37)35-26-24-34-25-27-35/h2-5,8-11,14-17,22-23,28,34,36H,1,6-7,12-13,18-21,24-27H2,(H,38,39)/b4-2-,5-3-,10-8-,11-9-,16-14-,17-15-. The molecule has 6 heteroatoms. The highest BCUT2D eigenvalue weighted by molar-refractivity contribution is 5.90. The number of hydrogen-bond acceptors (Lipinski definition) is 4. The van der Waals surface area contributed by atoms with Gasteiger partial charge in [-0.3, -0.25) is 4.79 Å². The first-order valence-corrected chi connectivity index (χ1v) is 14.0. The van der Waals surface area contributed by atoms with Crippen molar-refractivity contribution in [2.75, 3.05) is 26.2 Å². The van der Waals surface area contributed by atoms with Crippen LogP contribution in [0.3, 0.4) is 0 Å². The lowest BCUT2D eigenvalue weighted by atomic mass is 10.1. The number of nitrogens with zero attached hydrogens (tertiary/aromatic N) is 1. The van der Waals surface area contributed by atoms with E-state index < -0.39 is 5.97 Å². The number of hydrogen-bond donors (Lipinski definition) is 3. The molecule has 1 aromatic rings. The monoisotopic (exact) mass is 532 g/mol. The second-order valence-electron chi connectivity index (χ2n) is 9.37. The van der Waals surface area contributed by atoms with E-state index in [4.69, 9.17) is 5.11 Å². The Labute approximate surface area is 233 Å². The topological polar surface area (TPSA) is 89.9 Å². The van der Waals surface area contributed by atoms with Crippen LogP contribution in [0.15, 0.2) is 91.1 Å². The number of amides is 1. The number of rotatable bonds is 17. The van der Waals surface area contributed by atoms with Gasteiger partial charge in [-0.05, 0) is 69.1 Å². The summed E-state index contributed by atoms with van der Waals surface area (Å²) < 4.78 is 0. The van der Waals surface area contributed by atoms with E-state index in [0.717, 1.165) is 83.1 Å². The normalized spacial score (nSPS) is 14.8. The summed E-state index contributed by atoms with van der Waals surface area (Å²) in [5, 5.41) is 21.9. The number of carboxylic acid groups (broad SMARTS) is 1. The zero-order valence-electron chi connectivity index (χ0n) is 23.0. The molecule has 0 unspecified atom stereocenters. The van der Waals surface area contributed by atoms with Crippen molar-refractivity contribution in [1.29, 1.82) is 0 Å². The van der Waals surface area contributed by atoms with Crippen LogP contribution >= 0.6 is 0 Å². The molecule has 1 aromatic carbocycles. The fourth-order valence-electron chi connectivity index (χ4n) is 4.03. The Kier molecular flexibility index (Phi) is 16.5. The van der Waals surface area contributed by atoms with E-state index in [0.29, 0.717) is 6.42 Å². The number of carbonyl (C=O) groups is 2. The second kappa shape index (κ2) is 20.3. The predicted octanol–water partition coefficient (Wildman–Crippen LogP) is 6.52. The van der Waals surface area contributed by atoms with Crippen LogP contribution in [0.4, 0.5) is 0 Å². The molecule has 6 nitrogen and oxygen atoms in total. The van der Waals surface area contributed by atoms with Crippen molar-refractivity contribution in [2.24, 2.45) is 0 Å². The largest absolute Gasteiger partial charge is 0.507 e. The van der Waals surface area contributed by atoms with Crippen LogP contribution in [0, 0.1) is 0 Å². The van der Waals surface area contributed by atoms with Crippen molar-refractivity contribution >= 4 is 11.9 Å². The van der Waals surface area contributed by atoms with Crippen LogP contribution < -0.4 is 5.32 Å². The lowest BCUT2D eigenvalue weighted by Gasteiger charge is -2.27. The molecule has 1 amide bonds. The SMILES string of the molecule is O=C(O)c1ccc(CC/C=C\C/C=C\C/C=C\C/C=C\C/C=C\C/C=C\CCC(=O)N2CCNCC2)cc1O. The molecule has 0 radical (unpaired) electrons. The molecule has 39 heavy (non-hydrogen) atoms. The van der Waals surface area contributed by atoms with Gasteiger partial charge in [-0.1, -0.05) is 79.0 Å². The van der Waals surface area contributed by atoms with Crippen LogP contribution in [0.25, 0.3) is 0 Å². The molecule has 0 atom stereocenters. The molecule has 1 fully saturated rings. The zero-order chi connectivity index (χ0) is 28.0. The molecule has 210 valence electrons. The number of allylic oxidation sites excluding steroid dienone is 12. The second-order valence-corrected chi connectivity index (χ2v) is 9.37. The molecule has 1 saturated heterocycles. The van der Waals surface area contributed by atoms with E-state index in [1.807, 2.05) is 4.90 Å². The number of carboxylic acids is 1. The molecule has 1 aliphatic heterocycles. The summed E-state index contributed by atoms with van der Waals surface area (Å²) in [6.45, 7) is 3.47. The van der Waals surface area contributed by atoms with E-state index in [-0.39, 0.29) is 17.2 Å². The van der Waals surface area contributed by atoms with Crippen molar-refractivity contribution in [3.05, 3.63) is 102 Å². The number of phenols is 1. The molecule has 0 spiro atoms. The number of nitrogens with one attached hydrogen (secondary N) is 1. The summed E-state index contributed by atoms with van der Waals surface area (Å²) in [5.74, 6) is -1.03. The van der Waals surface area contributed by atoms with Gasteiger partial charge in [0, 0.05) is 32.6 Å². The number of aromatic carboxylic acids is 1. The highest BCUT2D eigenvalue weighted by Gasteiger charge is 2.14. The maximum Gasteiger partial charge on any atom is 0.339 e. The van der Waals surface area contributed by atoms with Gasteiger partial charge in [0.25, 0.3) is 0 Å². The number of benzene rings is 1. The quantitative estimate of drug-likeness (QED) is 0.199. The molecule has 1 heterocycles. The number of carbonyl (C=O) groups excluding carboxylic acids is 1. The molecule has 3 N–H and O–H groups in total. The van der Waals surface area contributed by atoms with Crippen molar-refractivity contribution < 1.29 is 19.8 Å². The fraction of sp³-hybridized carbons (Fsp3) is 0.394. The van der Waals surface area contributed by atoms with Gasteiger partial charge in [0.2, 0.25) is 5.91 Å². The molecule has 0 bridgehead atoms. The average molecular weight is 533 g/mol. The maximum atomic E-state index is 12.1. The summed E-state index contributed by atoms with van der Waals surface area (Å²) >= 11 is 0. The van der Waals surface area contributed by atoms with Crippen molar-refractivity contribution in [2.45, 2.75) is 57.8 Å². The molecule has 0 saturated carbocycles. The Morgan fingerprint density at radius 3 is 1.72 bits per heavy atom. The Balaban J connectivity index is 1.42. The molecule has 0 aliphatic carbocycles. The van der Waals surface area contributed by atoms with Crippen LogP contribution in [0.5, 0.6) is 5.75 Å². The van der Waals surface area contributed by atoms with E-state index in [9.17, 15) is 14.7 Å². The van der Waals surface area contributed by atoms with Crippen LogP contribution in [0.2, 0.25) is 0 Å². The summed E-state index contributed by atoms with van der Waals surface area (Å²) in [6.07, 6.45) is 33.4. The van der Waals surface area contributed by atoms with Gasteiger partial charge in [0.15, 0.2) is 0 Å². The smallest absolute Gasteiger partial charge is 0.339 e. The molecular formula is C33H44N2O4. The third-order valence-electron chi connectivity index (χ3n) is 6.25. The minimum absolute atomic E-state index is 0.0648. The highest BCUT2D eigenvalue weighted by Crippen LogP contribution is 2.19. The first-order valence-electron chi connectivity index (χ1n) is 14.0. The fourth-order valence-corrected chi connectivity index (χ4v) is 4.03. The summed E-state index contributed by atoms with van der Waals surface area (Å²) in [4.78, 5) is 25.0. The first kappa shape index (κ1) is 31.6. The van der Waals surface area contributed by atoms with Gasteiger partial charge in [0.05, 0.1) is 0 Å². The van der Waals surface area contributed by atoms with Crippen LogP contribution in [-0.4, -0.2) is 53.2 Å². The highest BCUT2D eigenvalue weighted by atomic mass is 16.4. The maximum absolute atomic E-state index is 12.1. The first-order chi connectivity index (χ1) is 19.1. The van der Waals surface area contributed by atoms with Crippen molar-refractivity contribution in [3.8, 4) is 5.75 Å². The Morgan fingerprint density at radius 1 is 0.744 bits per heavy atom. The summed E-state index contributed by atoms with van der Waals surface area (Å²) in [5.41, 5.74) is 0.859. The summed E-state index contributed by atoms with van der Waals surface area (Å²) in [6, 6.07) is 4.72. The summed E-state index contributed by atoms with van der Waals surface area (Å²) in [7, 11) is 0. The van der Waals surface area contributed by atoms with Crippen molar-refractivity contribution in [3.63, 3.8) is 0 Å². The van der Waals surface area contributed by atoms with Gasteiger partial charge < -0.3 is 20.4 Å². The minimum atomic E-state index is -1.12. The predicted molar refractivity (Wildman–Crippen MR) is 160 cm³/mol. The third-order valence-corrected chi connectivity index (χ3v) is 6.25. The minimum Gasteiger partial charge on any atom is -0.507 e.